The SMILES string of the molecule is Oc1ccc(-c2cc3ccc4cccc5ccc(c2-c2ccc(O)cc2)c3c45)cc1. The van der Waals surface area contributed by atoms with Crippen molar-refractivity contribution in [3.63, 3.8) is 0 Å². The van der Waals surface area contributed by atoms with Crippen LogP contribution in [-0.2, 0) is 0 Å². The predicted molar refractivity (Wildman–Crippen MR) is 124 cm³/mol. The number of phenolic OH excluding ortho intramolecular Hbond substituents is 2. The van der Waals surface area contributed by atoms with E-state index in [1.807, 2.05) is 24.3 Å². The Bertz CT molecular complexity index is 1510. The van der Waals surface area contributed by atoms with Gasteiger partial charge in [0.2, 0.25) is 0 Å². The molecular formula is C28H18O2. The van der Waals surface area contributed by atoms with Gasteiger partial charge in [-0.15, -0.1) is 0 Å². The molecule has 0 bridgehead atoms. The number of benzene rings is 6. The van der Waals surface area contributed by atoms with Crippen LogP contribution >= 0.6 is 0 Å². The van der Waals surface area contributed by atoms with Gasteiger partial charge in [0.05, 0.1) is 0 Å². The van der Waals surface area contributed by atoms with Crippen molar-refractivity contribution in [2.24, 2.45) is 0 Å². The van der Waals surface area contributed by atoms with Gasteiger partial charge in [-0.05, 0) is 84.9 Å². The Labute approximate surface area is 173 Å². The summed E-state index contributed by atoms with van der Waals surface area (Å²) in [5.41, 5.74) is 4.33. The second kappa shape index (κ2) is 6.23. The monoisotopic (exact) mass is 386 g/mol. The smallest absolute Gasteiger partial charge is 0.115 e. The zero-order valence-electron chi connectivity index (χ0n) is 16.1. The van der Waals surface area contributed by atoms with Crippen molar-refractivity contribution in [3.8, 4) is 33.8 Å². The molecule has 6 aromatic carbocycles. The minimum atomic E-state index is 0.252. The zero-order chi connectivity index (χ0) is 20.2. The van der Waals surface area contributed by atoms with Crippen molar-refractivity contribution in [2.45, 2.75) is 0 Å². The summed E-state index contributed by atoms with van der Waals surface area (Å²) in [7, 11) is 0. The van der Waals surface area contributed by atoms with E-state index in [2.05, 4.69) is 48.5 Å². The molecule has 0 fully saturated rings. The van der Waals surface area contributed by atoms with Crippen LogP contribution < -0.4 is 0 Å². The van der Waals surface area contributed by atoms with Crippen LogP contribution in [0.5, 0.6) is 11.5 Å². The zero-order valence-corrected chi connectivity index (χ0v) is 16.1. The van der Waals surface area contributed by atoms with Crippen LogP contribution in [0.3, 0.4) is 0 Å². The van der Waals surface area contributed by atoms with Gasteiger partial charge in [-0.2, -0.15) is 0 Å². The van der Waals surface area contributed by atoms with Crippen LogP contribution in [0.2, 0.25) is 0 Å². The molecule has 0 aromatic heterocycles. The van der Waals surface area contributed by atoms with Gasteiger partial charge in [0, 0.05) is 0 Å². The molecule has 6 rings (SSSR count). The van der Waals surface area contributed by atoms with E-state index >= 15 is 0 Å². The maximum atomic E-state index is 9.83. The Morgan fingerprint density at radius 3 is 1.70 bits per heavy atom. The molecule has 0 radical (unpaired) electrons. The Hall–Kier alpha value is -4.04. The van der Waals surface area contributed by atoms with Gasteiger partial charge in [0.25, 0.3) is 0 Å². The fourth-order valence-electron chi connectivity index (χ4n) is 4.62. The number of hydrogen-bond acceptors (Lipinski definition) is 2. The van der Waals surface area contributed by atoms with Crippen LogP contribution in [0.1, 0.15) is 0 Å². The lowest BCUT2D eigenvalue weighted by Crippen LogP contribution is -1.91. The fraction of sp³-hybridized carbons (Fsp3) is 0. The normalized spacial score (nSPS) is 11.6. The molecule has 0 unspecified atom stereocenters. The average Bonchev–Trinajstić information content (AvgIpc) is 2.78. The third-order valence-corrected chi connectivity index (χ3v) is 5.98. The molecule has 30 heavy (non-hydrogen) atoms. The van der Waals surface area contributed by atoms with Crippen molar-refractivity contribution < 1.29 is 10.2 Å². The molecule has 0 atom stereocenters. The first-order valence-corrected chi connectivity index (χ1v) is 9.98. The van der Waals surface area contributed by atoms with Crippen molar-refractivity contribution in [3.05, 3.63) is 97.1 Å². The molecule has 2 nitrogen and oxygen atoms in total. The number of phenols is 2. The summed E-state index contributed by atoms with van der Waals surface area (Å²) < 4.78 is 0. The number of aromatic hydroxyl groups is 2. The highest BCUT2D eigenvalue weighted by atomic mass is 16.3. The van der Waals surface area contributed by atoms with E-state index in [1.54, 1.807) is 24.3 Å². The highest BCUT2D eigenvalue weighted by Crippen LogP contribution is 2.44. The second-order valence-corrected chi connectivity index (χ2v) is 7.75. The Morgan fingerprint density at radius 2 is 1.03 bits per heavy atom. The van der Waals surface area contributed by atoms with Crippen molar-refractivity contribution in [1.82, 2.24) is 0 Å². The van der Waals surface area contributed by atoms with Gasteiger partial charge in [-0.25, -0.2) is 0 Å². The van der Waals surface area contributed by atoms with Crippen molar-refractivity contribution in [1.29, 1.82) is 0 Å². The van der Waals surface area contributed by atoms with E-state index < -0.39 is 0 Å². The average molecular weight is 386 g/mol. The Kier molecular flexibility index (Phi) is 3.50. The molecule has 0 aliphatic carbocycles. The Balaban J connectivity index is 1.81. The molecule has 0 heterocycles. The van der Waals surface area contributed by atoms with Gasteiger partial charge < -0.3 is 10.2 Å². The van der Waals surface area contributed by atoms with E-state index in [0.29, 0.717) is 0 Å². The summed E-state index contributed by atoms with van der Waals surface area (Å²) in [5.74, 6) is 0.505. The molecule has 0 aliphatic heterocycles. The van der Waals surface area contributed by atoms with Crippen LogP contribution in [-0.4, -0.2) is 10.2 Å². The maximum Gasteiger partial charge on any atom is 0.115 e. The van der Waals surface area contributed by atoms with Crippen molar-refractivity contribution in [2.75, 3.05) is 0 Å². The van der Waals surface area contributed by atoms with Crippen molar-refractivity contribution >= 4 is 32.3 Å². The van der Waals surface area contributed by atoms with E-state index in [9.17, 15) is 10.2 Å². The first-order valence-electron chi connectivity index (χ1n) is 9.98. The first-order chi connectivity index (χ1) is 14.7. The molecule has 0 saturated carbocycles. The molecule has 0 amide bonds. The fourth-order valence-corrected chi connectivity index (χ4v) is 4.62. The van der Waals surface area contributed by atoms with Crippen LogP contribution in [0.15, 0.2) is 97.1 Å². The summed E-state index contributed by atoms with van der Waals surface area (Å²) in [6.45, 7) is 0. The molecule has 0 aliphatic rings. The highest BCUT2D eigenvalue weighted by molar-refractivity contribution is 6.27. The summed E-state index contributed by atoms with van der Waals surface area (Å²) in [4.78, 5) is 0. The third-order valence-electron chi connectivity index (χ3n) is 5.98. The first kappa shape index (κ1) is 16.9. The lowest BCUT2D eigenvalue weighted by molar-refractivity contribution is 0.475. The van der Waals surface area contributed by atoms with Gasteiger partial charge in [-0.1, -0.05) is 66.7 Å². The van der Waals surface area contributed by atoms with Gasteiger partial charge in [-0.3, -0.25) is 0 Å². The topological polar surface area (TPSA) is 40.5 Å². The summed E-state index contributed by atoms with van der Waals surface area (Å²) in [6.07, 6.45) is 0. The molecule has 0 spiro atoms. The summed E-state index contributed by atoms with van der Waals surface area (Å²) in [5, 5.41) is 27.0. The summed E-state index contributed by atoms with van der Waals surface area (Å²) >= 11 is 0. The van der Waals surface area contributed by atoms with Gasteiger partial charge in [0.15, 0.2) is 0 Å². The van der Waals surface area contributed by atoms with Crippen LogP contribution in [0.25, 0.3) is 54.6 Å². The van der Waals surface area contributed by atoms with E-state index in [-0.39, 0.29) is 11.5 Å². The molecule has 6 aromatic rings. The van der Waals surface area contributed by atoms with E-state index in [1.165, 1.54) is 32.3 Å². The molecule has 142 valence electrons. The van der Waals surface area contributed by atoms with E-state index in [0.717, 1.165) is 22.3 Å². The second-order valence-electron chi connectivity index (χ2n) is 7.75. The minimum absolute atomic E-state index is 0.252. The predicted octanol–water partition coefficient (Wildman–Crippen LogP) is 7.33. The number of rotatable bonds is 2. The maximum absolute atomic E-state index is 9.83. The van der Waals surface area contributed by atoms with Gasteiger partial charge >= 0.3 is 0 Å². The standard InChI is InChI=1S/C28H18O2/c29-22-11-6-17(7-12-22)25-16-21-5-4-18-2-1-3-19-10-15-24(28(21)26(18)19)27(25)20-8-13-23(30)14-9-20/h1-16,29-30H. The van der Waals surface area contributed by atoms with Gasteiger partial charge in [0.1, 0.15) is 11.5 Å². The highest BCUT2D eigenvalue weighted by Gasteiger charge is 2.17. The molecular weight excluding hydrogens is 368 g/mol. The quantitative estimate of drug-likeness (QED) is 0.306. The van der Waals surface area contributed by atoms with Crippen LogP contribution in [0.4, 0.5) is 0 Å². The number of hydrogen-bond donors (Lipinski definition) is 2. The van der Waals surface area contributed by atoms with Crippen LogP contribution in [0, 0.1) is 0 Å². The molecule has 0 saturated heterocycles. The molecule has 2 N–H and O–H groups in total. The summed E-state index contributed by atoms with van der Waals surface area (Å²) in [6, 6.07) is 32.2. The lowest BCUT2D eigenvalue weighted by atomic mass is 9.85. The largest absolute Gasteiger partial charge is 0.508 e. The Morgan fingerprint density at radius 1 is 0.467 bits per heavy atom. The minimum Gasteiger partial charge on any atom is -0.508 e. The third kappa shape index (κ3) is 2.44. The lowest BCUT2D eigenvalue weighted by Gasteiger charge is -2.18. The van der Waals surface area contributed by atoms with E-state index in [4.69, 9.17) is 0 Å². The molecule has 2 heteroatoms.